The minimum absolute atomic E-state index is 0.0409. The van der Waals surface area contributed by atoms with Crippen LogP contribution < -0.4 is 9.47 Å². The number of methoxy groups -OCH3 is 4. The van der Waals surface area contributed by atoms with Crippen LogP contribution >= 0.6 is 11.8 Å². The number of nitrogens with one attached hydrogen (secondary N) is 1. The van der Waals surface area contributed by atoms with Crippen molar-refractivity contribution < 1.29 is 33.3 Å². The predicted octanol–water partition coefficient (Wildman–Crippen LogP) is 4.63. The van der Waals surface area contributed by atoms with E-state index in [1.165, 1.54) is 35.5 Å². The highest BCUT2D eigenvalue weighted by atomic mass is 32.2. The van der Waals surface area contributed by atoms with Gasteiger partial charge in [0.1, 0.15) is 23.7 Å². The SMILES string of the molecule is COC(=O)[C@H]1[C@H]2C[C@@H]3c4[nH]c5cc(OC)ccc5c4CCN3C[C@H]2C[C@@H](OC(=O)CSc2ccc(OC)cc2)[C@@H]1OC. The second kappa shape index (κ2) is 12.2. The summed E-state index contributed by atoms with van der Waals surface area (Å²) in [5.74, 6) is 0.811. The molecule has 6 atom stereocenters. The molecule has 0 bridgehead atoms. The van der Waals surface area contributed by atoms with Gasteiger partial charge in [0.25, 0.3) is 0 Å². The van der Waals surface area contributed by atoms with E-state index in [-0.39, 0.29) is 35.6 Å². The summed E-state index contributed by atoms with van der Waals surface area (Å²) in [5, 5.41) is 1.23. The maximum Gasteiger partial charge on any atom is 0.316 e. The number of H-pyrrole nitrogens is 1. The Labute approximate surface area is 250 Å². The molecule has 0 spiro atoms. The van der Waals surface area contributed by atoms with Gasteiger partial charge in [-0.15, -0.1) is 11.8 Å². The number of piperidine rings is 1. The molecular formula is C32H38N2O7S. The standard InChI is InChI=1S/C32H38N2O7S/c1-37-19-5-8-21(9-6-19)42-17-28(35)41-27-13-18-16-34-12-11-23-22-10-7-20(38-2)14-25(22)33-30(23)26(34)15-24(18)29(31(27)39-3)32(36)40-4/h5-10,14,18,24,26-27,29,31,33H,11-13,15-17H2,1-4H3/t18-,24+,26-,27-,29+,31+/m1/s1. The Kier molecular flexibility index (Phi) is 8.38. The zero-order valence-corrected chi connectivity index (χ0v) is 25.3. The third-order valence-electron chi connectivity index (χ3n) is 9.30. The number of ether oxygens (including phenoxy) is 5. The molecule has 3 aromatic rings. The van der Waals surface area contributed by atoms with Crippen LogP contribution in [-0.2, 0) is 30.2 Å². The summed E-state index contributed by atoms with van der Waals surface area (Å²) in [5.41, 5.74) is 3.65. The van der Waals surface area contributed by atoms with Crippen LogP contribution in [0.4, 0.5) is 0 Å². The lowest BCUT2D eigenvalue weighted by Gasteiger charge is -2.52. The van der Waals surface area contributed by atoms with Crippen LogP contribution in [0.5, 0.6) is 11.5 Å². The predicted molar refractivity (Wildman–Crippen MR) is 159 cm³/mol. The van der Waals surface area contributed by atoms with Gasteiger partial charge < -0.3 is 28.7 Å². The number of aromatic nitrogens is 1. The largest absolute Gasteiger partial charge is 0.497 e. The highest BCUT2D eigenvalue weighted by Crippen LogP contribution is 2.50. The van der Waals surface area contributed by atoms with Crippen LogP contribution in [0.3, 0.4) is 0 Å². The van der Waals surface area contributed by atoms with Crippen LogP contribution in [0, 0.1) is 17.8 Å². The lowest BCUT2D eigenvalue weighted by atomic mass is 9.64. The number of carbonyl (C=O) groups excluding carboxylic acids is 2. The highest BCUT2D eigenvalue weighted by Gasteiger charge is 2.54. The van der Waals surface area contributed by atoms with Crippen molar-refractivity contribution in [1.29, 1.82) is 0 Å². The van der Waals surface area contributed by atoms with Gasteiger partial charge in [0.15, 0.2) is 0 Å². The topological polar surface area (TPSA) is 99.3 Å². The van der Waals surface area contributed by atoms with Crippen molar-refractivity contribution in [3.63, 3.8) is 0 Å². The molecule has 1 saturated heterocycles. The number of aromatic amines is 1. The molecule has 1 N–H and O–H groups in total. The first-order valence-electron chi connectivity index (χ1n) is 14.4. The Morgan fingerprint density at radius 2 is 1.76 bits per heavy atom. The second-order valence-corrected chi connectivity index (χ2v) is 12.4. The van der Waals surface area contributed by atoms with E-state index in [9.17, 15) is 9.59 Å². The number of hydrogen-bond acceptors (Lipinski definition) is 9. The number of carbonyl (C=O) groups is 2. The molecule has 10 heteroatoms. The first kappa shape index (κ1) is 28.9. The molecular weight excluding hydrogens is 556 g/mol. The van der Waals surface area contributed by atoms with E-state index in [0.29, 0.717) is 6.42 Å². The fourth-order valence-electron chi connectivity index (χ4n) is 7.37. The van der Waals surface area contributed by atoms with Crippen molar-refractivity contribution in [2.75, 3.05) is 47.3 Å². The average molecular weight is 595 g/mol. The van der Waals surface area contributed by atoms with E-state index in [2.05, 4.69) is 16.0 Å². The van der Waals surface area contributed by atoms with Crippen molar-refractivity contribution in [3.8, 4) is 11.5 Å². The normalized spacial score (nSPS) is 27.0. The number of fused-ring (bicyclic) bond motifs is 6. The molecule has 224 valence electrons. The summed E-state index contributed by atoms with van der Waals surface area (Å²) >= 11 is 1.41. The van der Waals surface area contributed by atoms with Crippen LogP contribution in [0.1, 0.15) is 30.1 Å². The number of esters is 2. The third kappa shape index (κ3) is 5.36. The molecule has 0 unspecified atom stereocenters. The van der Waals surface area contributed by atoms with E-state index in [0.717, 1.165) is 47.8 Å². The van der Waals surface area contributed by atoms with E-state index < -0.39 is 18.1 Å². The molecule has 0 amide bonds. The summed E-state index contributed by atoms with van der Waals surface area (Å²) in [6.07, 6.45) is 1.31. The lowest BCUT2D eigenvalue weighted by molar-refractivity contribution is -0.188. The van der Waals surface area contributed by atoms with Gasteiger partial charge >= 0.3 is 11.9 Å². The van der Waals surface area contributed by atoms with Crippen molar-refractivity contribution >= 4 is 34.6 Å². The van der Waals surface area contributed by atoms with Gasteiger partial charge in [-0.2, -0.15) is 0 Å². The maximum atomic E-state index is 13.3. The maximum absolute atomic E-state index is 13.3. The quantitative estimate of drug-likeness (QED) is 0.296. The Bertz CT molecular complexity index is 1440. The van der Waals surface area contributed by atoms with Gasteiger partial charge in [-0.3, -0.25) is 14.5 Å². The van der Waals surface area contributed by atoms with Gasteiger partial charge in [-0.25, -0.2) is 0 Å². The van der Waals surface area contributed by atoms with Crippen molar-refractivity contribution in [3.05, 3.63) is 53.7 Å². The third-order valence-corrected chi connectivity index (χ3v) is 10.3. The zero-order valence-electron chi connectivity index (χ0n) is 24.5. The number of nitrogens with zero attached hydrogens (tertiary/aromatic N) is 1. The first-order valence-corrected chi connectivity index (χ1v) is 15.4. The van der Waals surface area contributed by atoms with Crippen molar-refractivity contribution in [2.45, 2.75) is 42.4 Å². The fraction of sp³-hybridized carbons (Fsp3) is 0.500. The summed E-state index contributed by atoms with van der Waals surface area (Å²) in [4.78, 5) is 33.5. The number of benzene rings is 2. The molecule has 3 aliphatic rings. The number of rotatable bonds is 8. The van der Waals surface area contributed by atoms with E-state index in [1.54, 1.807) is 21.3 Å². The fourth-order valence-corrected chi connectivity index (χ4v) is 8.06. The van der Waals surface area contributed by atoms with Crippen LogP contribution in [0.25, 0.3) is 10.9 Å². The van der Waals surface area contributed by atoms with Crippen LogP contribution in [-0.4, -0.2) is 81.3 Å². The minimum Gasteiger partial charge on any atom is -0.497 e. The minimum atomic E-state index is -0.574. The van der Waals surface area contributed by atoms with E-state index in [4.69, 9.17) is 23.7 Å². The van der Waals surface area contributed by atoms with E-state index in [1.807, 2.05) is 36.4 Å². The summed E-state index contributed by atoms with van der Waals surface area (Å²) in [6.45, 7) is 1.77. The molecule has 6 rings (SSSR count). The molecule has 1 aliphatic carbocycles. The van der Waals surface area contributed by atoms with Gasteiger partial charge in [0.05, 0.1) is 39.0 Å². The monoisotopic (exact) mass is 594 g/mol. The Balaban J connectivity index is 1.21. The Morgan fingerprint density at radius 3 is 2.48 bits per heavy atom. The summed E-state index contributed by atoms with van der Waals surface area (Å²) in [7, 11) is 6.31. The van der Waals surface area contributed by atoms with Crippen LogP contribution in [0.15, 0.2) is 47.4 Å². The van der Waals surface area contributed by atoms with Gasteiger partial charge in [-0.1, -0.05) is 0 Å². The first-order chi connectivity index (χ1) is 20.4. The highest BCUT2D eigenvalue weighted by molar-refractivity contribution is 8.00. The number of thioether (sulfide) groups is 1. The van der Waals surface area contributed by atoms with Gasteiger partial charge in [0, 0.05) is 47.8 Å². The van der Waals surface area contributed by atoms with Crippen LogP contribution in [0.2, 0.25) is 0 Å². The molecule has 9 nitrogen and oxygen atoms in total. The van der Waals surface area contributed by atoms with Crippen molar-refractivity contribution in [1.82, 2.24) is 9.88 Å². The second-order valence-electron chi connectivity index (χ2n) is 11.3. The molecule has 1 aromatic heterocycles. The Morgan fingerprint density at radius 1 is 1.00 bits per heavy atom. The van der Waals surface area contributed by atoms with E-state index >= 15 is 0 Å². The molecule has 3 heterocycles. The van der Waals surface area contributed by atoms with Gasteiger partial charge in [0.2, 0.25) is 0 Å². The molecule has 2 fully saturated rings. The zero-order chi connectivity index (χ0) is 29.4. The van der Waals surface area contributed by atoms with Crippen molar-refractivity contribution in [2.24, 2.45) is 17.8 Å². The average Bonchev–Trinajstić information content (AvgIpc) is 3.40. The molecule has 2 aliphatic heterocycles. The summed E-state index contributed by atoms with van der Waals surface area (Å²) in [6, 6.07) is 13.9. The molecule has 0 radical (unpaired) electrons. The molecule has 2 aromatic carbocycles. The summed E-state index contributed by atoms with van der Waals surface area (Å²) < 4.78 is 27.9. The molecule has 1 saturated carbocycles. The number of hydrogen-bond donors (Lipinski definition) is 1. The Hall–Kier alpha value is -3.21. The molecule has 42 heavy (non-hydrogen) atoms. The van der Waals surface area contributed by atoms with Gasteiger partial charge in [-0.05, 0) is 73.1 Å². The lowest BCUT2D eigenvalue weighted by Crippen LogP contribution is -2.58. The smallest absolute Gasteiger partial charge is 0.316 e.